The van der Waals surface area contributed by atoms with Crippen molar-refractivity contribution in [2.24, 2.45) is 0 Å². The van der Waals surface area contributed by atoms with E-state index in [9.17, 15) is 4.79 Å². The number of benzene rings is 1. The second kappa shape index (κ2) is 6.50. The Morgan fingerprint density at radius 1 is 1.28 bits per heavy atom. The minimum Gasteiger partial charge on any atom is -0.473 e. The Balaban J connectivity index is 1.65. The standard InChI is InChI=1S/C13H17ClN2O2/c14-10-5-7-12(8-6-10)18-9-15-13(17)16-11-3-1-2-4-11/h5-8,11H,1-4,9H2,(H2,15,16,17). The van der Waals surface area contributed by atoms with Gasteiger partial charge in [-0.15, -0.1) is 0 Å². The van der Waals surface area contributed by atoms with Gasteiger partial charge in [-0.3, -0.25) is 0 Å². The van der Waals surface area contributed by atoms with E-state index in [-0.39, 0.29) is 12.8 Å². The number of carbonyl (C=O) groups excluding carboxylic acids is 1. The molecule has 1 saturated carbocycles. The van der Waals surface area contributed by atoms with Crippen LogP contribution in [0.15, 0.2) is 24.3 Å². The SMILES string of the molecule is O=C(NCOc1ccc(Cl)cc1)NC1CCCC1. The molecule has 0 saturated heterocycles. The zero-order valence-corrected chi connectivity index (χ0v) is 10.9. The Kier molecular flexibility index (Phi) is 4.70. The molecule has 1 aliphatic carbocycles. The van der Waals surface area contributed by atoms with E-state index < -0.39 is 0 Å². The van der Waals surface area contributed by atoms with E-state index in [1.54, 1.807) is 24.3 Å². The van der Waals surface area contributed by atoms with Gasteiger partial charge in [0.15, 0.2) is 6.73 Å². The van der Waals surface area contributed by atoms with E-state index in [1.807, 2.05) is 0 Å². The van der Waals surface area contributed by atoms with E-state index in [1.165, 1.54) is 12.8 Å². The first-order valence-corrected chi connectivity index (χ1v) is 6.54. The van der Waals surface area contributed by atoms with Crippen LogP contribution in [0.3, 0.4) is 0 Å². The van der Waals surface area contributed by atoms with E-state index in [2.05, 4.69) is 10.6 Å². The van der Waals surface area contributed by atoms with Crippen molar-refractivity contribution in [2.45, 2.75) is 31.7 Å². The molecule has 2 N–H and O–H groups in total. The third-order valence-corrected chi connectivity index (χ3v) is 3.23. The molecule has 0 atom stereocenters. The van der Waals surface area contributed by atoms with Crippen molar-refractivity contribution in [3.05, 3.63) is 29.3 Å². The van der Waals surface area contributed by atoms with Crippen LogP contribution in [0, 0.1) is 0 Å². The molecule has 0 spiro atoms. The number of ether oxygens (including phenoxy) is 1. The Bertz CT molecular complexity index is 388. The summed E-state index contributed by atoms with van der Waals surface area (Å²) >= 11 is 5.76. The summed E-state index contributed by atoms with van der Waals surface area (Å²) in [4.78, 5) is 11.5. The van der Waals surface area contributed by atoms with Crippen molar-refractivity contribution in [1.29, 1.82) is 0 Å². The first-order valence-electron chi connectivity index (χ1n) is 6.17. The Hall–Kier alpha value is -1.42. The third kappa shape index (κ3) is 4.11. The molecule has 5 heteroatoms. The van der Waals surface area contributed by atoms with Gasteiger partial charge in [-0.05, 0) is 37.1 Å². The Morgan fingerprint density at radius 2 is 1.94 bits per heavy atom. The van der Waals surface area contributed by atoms with Crippen molar-refractivity contribution >= 4 is 17.6 Å². The molecule has 0 bridgehead atoms. The third-order valence-electron chi connectivity index (χ3n) is 2.98. The average molecular weight is 269 g/mol. The van der Waals surface area contributed by atoms with E-state index in [0.29, 0.717) is 16.8 Å². The van der Waals surface area contributed by atoms with Crippen LogP contribution in [0.25, 0.3) is 0 Å². The van der Waals surface area contributed by atoms with E-state index in [4.69, 9.17) is 16.3 Å². The van der Waals surface area contributed by atoms with E-state index >= 15 is 0 Å². The summed E-state index contributed by atoms with van der Waals surface area (Å²) < 4.78 is 5.37. The maximum atomic E-state index is 11.5. The van der Waals surface area contributed by atoms with Gasteiger partial charge in [-0.2, -0.15) is 0 Å². The number of hydrogen-bond donors (Lipinski definition) is 2. The molecule has 2 amide bonds. The number of nitrogens with one attached hydrogen (secondary N) is 2. The Labute approximate surface area is 112 Å². The van der Waals surface area contributed by atoms with Crippen LogP contribution < -0.4 is 15.4 Å². The molecule has 18 heavy (non-hydrogen) atoms. The molecule has 1 aromatic rings. The summed E-state index contributed by atoms with van der Waals surface area (Å²) in [5.74, 6) is 0.681. The van der Waals surface area contributed by atoms with Crippen LogP contribution in [0.5, 0.6) is 5.75 Å². The highest BCUT2D eigenvalue weighted by Crippen LogP contribution is 2.17. The molecule has 1 fully saturated rings. The topological polar surface area (TPSA) is 50.4 Å². The highest BCUT2D eigenvalue weighted by molar-refractivity contribution is 6.30. The highest BCUT2D eigenvalue weighted by atomic mass is 35.5. The van der Waals surface area contributed by atoms with Crippen molar-refractivity contribution < 1.29 is 9.53 Å². The van der Waals surface area contributed by atoms with Crippen molar-refractivity contribution in [2.75, 3.05) is 6.73 Å². The molecule has 0 radical (unpaired) electrons. The number of halogens is 1. The van der Waals surface area contributed by atoms with Crippen LogP contribution in [0.4, 0.5) is 4.79 Å². The lowest BCUT2D eigenvalue weighted by molar-refractivity contribution is 0.220. The largest absolute Gasteiger partial charge is 0.473 e. The Morgan fingerprint density at radius 3 is 2.61 bits per heavy atom. The fraction of sp³-hybridized carbons (Fsp3) is 0.462. The summed E-state index contributed by atoms with van der Waals surface area (Å²) in [5.41, 5.74) is 0. The van der Waals surface area contributed by atoms with Crippen molar-refractivity contribution in [3.8, 4) is 5.75 Å². The summed E-state index contributed by atoms with van der Waals surface area (Å²) in [6.07, 6.45) is 4.55. The zero-order valence-electron chi connectivity index (χ0n) is 10.1. The van der Waals surface area contributed by atoms with E-state index in [0.717, 1.165) is 12.8 Å². The lowest BCUT2D eigenvalue weighted by Crippen LogP contribution is -2.42. The fourth-order valence-corrected chi connectivity index (χ4v) is 2.15. The van der Waals surface area contributed by atoms with Crippen LogP contribution in [0.1, 0.15) is 25.7 Å². The maximum Gasteiger partial charge on any atom is 0.317 e. The molecule has 2 rings (SSSR count). The smallest absolute Gasteiger partial charge is 0.317 e. The van der Waals surface area contributed by atoms with Crippen molar-refractivity contribution in [1.82, 2.24) is 10.6 Å². The normalized spacial score (nSPS) is 15.4. The zero-order chi connectivity index (χ0) is 12.8. The predicted molar refractivity (Wildman–Crippen MR) is 70.9 cm³/mol. The molecule has 0 aromatic heterocycles. The first-order chi connectivity index (χ1) is 8.74. The summed E-state index contributed by atoms with van der Waals surface area (Å²) in [6, 6.07) is 7.17. The minimum absolute atomic E-state index is 0.153. The van der Waals surface area contributed by atoms with Gasteiger partial charge < -0.3 is 15.4 Å². The molecule has 1 aromatic carbocycles. The van der Waals surface area contributed by atoms with Gasteiger partial charge >= 0.3 is 6.03 Å². The molecular formula is C13H17ClN2O2. The lowest BCUT2D eigenvalue weighted by Gasteiger charge is -2.13. The highest BCUT2D eigenvalue weighted by Gasteiger charge is 2.16. The van der Waals surface area contributed by atoms with Crippen LogP contribution in [-0.2, 0) is 0 Å². The molecule has 1 aliphatic rings. The fourth-order valence-electron chi connectivity index (χ4n) is 2.02. The number of hydrogen-bond acceptors (Lipinski definition) is 2. The van der Waals surface area contributed by atoms with Crippen LogP contribution in [0.2, 0.25) is 5.02 Å². The summed E-state index contributed by atoms with van der Waals surface area (Å²) in [7, 11) is 0. The first kappa shape index (κ1) is 13.0. The number of urea groups is 1. The second-order valence-electron chi connectivity index (χ2n) is 4.37. The quantitative estimate of drug-likeness (QED) is 0.825. The number of carbonyl (C=O) groups is 1. The molecule has 98 valence electrons. The van der Waals surface area contributed by atoms with Gasteiger partial charge in [0.2, 0.25) is 0 Å². The summed E-state index contributed by atoms with van der Waals surface area (Å²) in [6.45, 7) is 0.153. The molecule has 0 unspecified atom stereocenters. The minimum atomic E-state index is -0.170. The number of amides is 2. The maximum absolute atomic E-state index is 11.5. The molecule has 0 heterocycles. The van der Waals surface area contributed by atoms with Gasteiger partial charge in [0.1, 0.15) is 5.75 Å². The van der Waals surface area contributed by atoms with Gasteiger partial charge in [-0.1, -0.05) is 24.4 Å². The van der Waals surface area contributed by atoms with Crippen LogP contribution in [-0.4, -0.2) is 18.8 Å². The second-order valence-corrected chi connectivity index (χ2v) is 4.81. The lowest BCUT2D eigenvalue weighted by atomic mass is 10.3. The summed E-state index contributed by atoms with van der Waals surface area (Å²) in [5, 5.41) is 6.25. The number of rotatable bonds is 4. The monoisotopic (exact) mass is 268 g/mol. The molecular weight excluding hydrogens is 252 g/mol. The predicted octanol–water partition coefficient (Wildman–Crippen LogP) is 2.92. The average Bonchev–Trinajstić information content (AvgIpc) is 2.84. The molecule has 4 nitrogen and oxygen atoms in total. The van der Waals surface area contributed by atoms with Gasteiger partial charge in [0, 0.05) is 11.1 Å². The van der Waals surface area contributed by atoms with Crippen LogP contribution >= 0.6 is 11.6 Å². The molecule has 0 aliphatic heterocycles. The van der Waals surface area contributed by atoms with Gasteiger partial charge in [-0.25, -0.2) is 4.79 Å². The van der Waals surface area contributed by atoms with Gasteiger partial charge in [0.25, 0.3) is 0 Å². The van der Waals surface area contributed by atoms with Crippen molar-refractivity contribution in [3.63, 3.8) is 0 Å². The van der Waals surface area contributed by atoms with Gasteiger partial charge in [0.05, 0.1) is 0 Å².